The Labute approximate surface area is 223 Å². The van der Waals surface area contributed by atoms with Crippen molar-refractivity contribution >= 4 is 22.4 Å². The number of pyridine rings is 1. The Hall–Kier alpha value is -3.62. The summed E-state index contributed by atoms with van der Waals surface area (Å²) in [5.41, 5.74) is 8.44. The number of hydrogen-bond donors (Lipinski definition) is 1. The Balaban J connectivity index is 1.15. The molecule has 0 saturated carbocycles. The number of nitrogens with one attached hydrogen (secondary N) is 1. The van der Waals surface area contributed by atoms with E-state index in [0.29, 0.717) is 6.04 Å². The van der Waals surface area contributed by atoms with E-state index in [-0.39, 0.29) is 0 Å². The number of fused-ring (bicyclic) bond motifs is 2. The molecule has 4 aromatic rings. The van der Waals surface area contributed by atoms with Crippen LogP contribution in [-0.4, -0.2) is 75.2 Å². The van der Waals surface area contributed by atoms with Gasteiger partial charge >= 0.3 is 0 Å². The summed E-state index contributed by atoms with van der Waals surface area (Å²) in [6, 6.07) is 11.3. The fourth-order valence-corrected chi connectivity index (χ4v) is 6.04. The maximum atomic E-state index is 5.10. The number of aromatic nitrogens is 5. The lowest BCUT2D eigenvalue weighted by Gasteiger charge is -2.34. The lowest BCUT2D eigenvalue weighted by atomic mass is 10.0. The number of nitrogens with zero attached hydrogens (tertiary/aromatic N) is 7. The lowest BCUT2D eigenvalue weighted by molar-refractivity contribution is 0.270. The summed E-state index contributed by atoms with van der Waals surface area (Å²) < 4.78 is 2.35. The Kier molecular flexibility index (Phi) is 6.14. The van der Waals surface area contributed by atoms with E-state index in [9.17, 15) is 0 Å². The highest BCUT2D eigenvalue weighted by Gasteiger charge is 2.23. The molecule has 7 rings (SSSR count). The topological polar surface area (TPSA) is 75.0 Å². The fourth-order valence-electron chi connectivity index (χ4n) is 6.04. The monoisotopic (exact) mass is 506 g/mol. The molecule has 1 aliphatic carbocycles. The SMILES string of the molecule is CCN1CCN(c2ccc(-c3cnc4c(n3)C(c3ccc5ncn(C6CCCNC6)c5c3)=CC4)cn2)CC1. The molecule has 0 radical (unpaired) electrons. The van der Waals surface area contributed by atoms with Crippen LogP contribution < -0.4 is 10.2 Å². The smallest absolute Gasteiger partial charge is 0.128 e. The molecule has 0 amide bonds. The van der Waals surface area contributed by atoms with E-state index in [2.05, 4.69) is 68.0 Å². The maximum Gasteiger partial charge on any atom is 0.128 e. The Morgan fingerprint density at radius 1 is 0.974 bits per heavy atom. The van der Waals surface area contributed by atoms with E-state index >= 15 is 0 Å². The van der Waals surface area contributed by atoms with Crippen molar-refractivity contribution in [2.75, 3.05) is 50.7 Å². The third-order valence-electron chi connectivity index (χ3n) is 8.34. The fraction of sp³-hybridized carbons (Fsp3) is 0.400. The summed E-state index contributed by atoms with van der Waals surface area (Å²) >= 11 is 0. The van der Waals surface area contributed by atoms with Gasteiger partial charge in [-0.1, -0.05) is 19.1 Å². The second-order valence-corrected chi connectivity index (χ2v) is 10.6. The summed E-state index contributed by atoms with van der Waals surface area (Å²) in [5, 5.41) is 3.53. The van der Waals surface area contributed by atoms with Gasteiger partial charge in [0.15, 0.2) is 0 Å². The van der Waals surface area contributed by atoms with Crippen molar-refractivity contribution in [2.24, 2.45) is 0 Å². The highest BCUT2D eigenvalue weighted by Crippen LogP contribution is 2.34. The number of rotatable bonds is 5. The molecule has 2 saturated heterocycles. The van der Waals surface area contributed by atoms with E-state index in [4.69, 9.17) is 15.0 Å². The molecule has 1 unspecified atom stereocenters. The van der Waals surface area contributed by atoms with Gasteiger partial charge in [-0.2, -0.15) is 0 Å². The molecule has 0 bridgehead atoms. The van der Waals surface area contributed by atoms with Gasteiger partial charge in [-0.05, 0) is 55.8 Å². The van der Waals surface area contributed by atoms with Gasteiger partial charge in [0.2, 0.25) is 0 Å². The van der Waals surface area contributed by atoms with Crippen LogP contribution in [0.2, 0.25) is 0 Å². The summed E-state index contributed by atoms with van der Waals surface area (Å²) in [5.74, 6) is 1.04. The minimum absolute atomic E-state index is 0.450. The zero-order chi connectivity index (χ0) is 25.5. The first-order chi connectivity index (χ1) is 18.8. The molecule has 2 aliphatic heterocycles. The quantitative estimate of drug-likeness (QED) is 0.439. The van der Waals surface area contributed by atoms with Crippen LogP contribution in [0, 0.1) is 0 Å². The number of piperidine rings is 1. The number of piperazine rings is 1. The molecular formula is C30H34N8. The predicted molar refractivity (Wildman–Crippen MR) is 151 cm³/mol. The van der Waals surface area contributed by atoms with Crippen molar-refractivity contribution in [1.82, 2.24) is 34.7 Å². The van der Waals surface area contributed by atoms with E-state index in [1.807, 2.05) is 18.7 Å². The second-order valence-electron chi connectivity index (χ2n) is 10.6. The molecule has 1 aromatic carbocycles. The van der Waals surface area contributed by atoms with Gasteiger partial charge in [-0.3, -0.25) is 4.98 Å². The maximum absolute atomic E-state index is 5.10. The third kappa shape index (κ3) is 4.27. The average molecular weight is 507 g/mol. The van der Waals surface area contributed by atoms with Gasteiger partial charge in [-0.25, -0.2) is 15.0 Å². The minimum Gasteiger partial charge on any atom is -0.354 e. The van der Waals surface area contributed by atoms with E-state index in [1.54, 1.807) is 0 Å². The molecular weight excluding hydrogens is 472 g/mol. The Bertz CT molecular complexity index is 1470. The molecule has 3 aromatic heterocycles. The van der Waals surface area contributed by atoms with Crippen LogP contribution in [0.25, 0.3) is 27.9 Å². The average Bonchev–Trinajstić information content (AvgIpc) is 3.61. The Morgan fingerprint density at radius 2 is 1.87 bits per heavy atom. The number of allylic oxidation sites excluding steroid dienone is 1. The van der Waals surface area contributed by atoms with Crippen LogP contribution in [0.1, 0.15) is 42.8 Å². The van der Waals surface area contributed by atoms with Crippen molar-refractivity contribution in [3.63, 3.8) is 0 Å². The first-order valence-electron chi connectivity index (χ1n) is 13.9. The van der Waals surface area contributed by atoms with Gasteiger partial charge in [0.05, 0.1) is 40.6 Å². The molecule has 1 N–H and O–H groups in total. The number of likely N-dealkylation sites (N-methyl/N-ethyl adjacent to an activating group) is 1. The molecule has 3 aliphatic rings. The molecule has 0 spiro atoms. The summed E-state index contributed by atoms with van der Waals surface area (Å²) in [6.07, 6.45) is 11.3. The number of benzene rings is 1. The number of anilines is 1. The largest absolute Gasteiger partial charge is 0.354 e. The zero-order valence-electron chi connectivity index (χ0n) is 22.0. The van der Waals surface area contributed by atoms with Gasteiger partial charge in [0, 0.05) is 62.5 Å². The summed E-state index contributed by atoms with van der Waals surface area (Å²) in [4.78, 5) is 24.2. The van der Waals surface area contributed by atoms with Crippen LogP contribution in [-0.2, 0) is 6.42 Å². The van der Waals surface area contributed by atoms with Gasteiger partial charge < -0.3 is 19.7 Å². The van der Waals surface area contributed by atoms with Crippen LogP contribution in [0.3, 0.4) is 0 Å². The normalized spacial score (nSPS) is 20.1. The lowest BCUT2D eigenvalue weighted by Crippen LogP contribution is -2.46. The molecule has 8 heteroatoms. The van der Waals surface area contributed by atoms with Crippen molar-refractivity contribution in [3.05, 3.63) is 72.1 Å². The van der Waals surface area contributed by atoms with Crippen LogP contribution in [0.15, 0.2) is 55.1 Å². The van der Waals surface area contributed by atoms with E-state index in [0.717, 1.165) is 91.8 Å². The number of imidazole rings is 1. The Morgan fingerprint density at radius 3 is 2.66 bits per heavy atom. The molecule has 1 atom stereocenters. The molecule has 8 nitrogen and oxygen atoms in total. The standard InChI is InChI=1S/C30H34N8/c1-2-36-12-14-37(15-13-36)29-10-6-22(17-33-29)27-19-32-26-9-7-24(30(26)35-27)21-5-8-25-28(16-21)38(20-34-25)23-4-3-11-31-18-23/h5-8,10,16-17,19-20,23,31H,2-4,9,11-15,18H2,1H3. The summed E-state index contributed by atoms with van der Waals surface area (Å²) in [6.45, 7) is 9.67. The van der Waals surface area contributed by atoms with Gasteiger partial charge in [-0.15, -0.1) is 0 Å². The minimum atomic E-state index is 0.450. The molecule has 5 heterocycles. The predicted octanol–water partition coefficient (Wildman–Crippen LogP) is 3.94. The van der Waals surface area contributed by atoms with Gasteiger partial charge in [0.25, 0.3) is 0 Å². The van der Waals surface area contributed by atoms with Crippen LogP contribution in [0.4, 0.5) is 5.82 Å². The summed E-state index contributed by atoms with van der Waals surface area (Å²) in [7, 11) is 0. The number of hydrogen-bond acceptors (Lipinski definition) is 7. The van der Waals surface area contributed by atoms with Crippen molar-refractivity contribution in [3.8, 4) is 11.3 Å². The second kappa shape index (κ2) is 9.93. The molecule has 38 heavy (non-hydrogen) atoms. The zero-order valence-corrected chi connectivity index (χ0v) is 22.0. The van der Waals surface area contributed by atoms with Crippen molar-refractivity contribution in [1.29, 1.82) is 0 Å². The molecule has 194 valence electrons. The van der Waals surface area contributed by atoms with Crippen LogP contribution in [0.5, 0.6) is 0 Å². The van der Waals surface area contributed by atoms with Crippen molar-refractivity contribution < 1.29 is 0 Å². The van der Waals surface area contributed by atoms with Crippen LogP contribution >= 0.6 is 0 Å². The van der Waals surface area contributed by atoms with Gasteiger partial charge in [0.1, 0.15) is 5.82 Å². The third-order valence-corrected chi connectivity index (χ3v) is 8.34. The first-order valence-corrected chi connectivity index (χ1v) is 13.9. The van der Waals surface area contributed by atoms with Crippen molar-refractivity contribution in [2.45, 2.75) is 32.2 Å². The van der Waals surface area contributed by atoms with E-state index < -0.39 is 0 Å². The van der Waals surface area contributed by atoms with E-state index in [1.165, 1.54) is 23.9 Å². The highest BCUT2D eigenvalue weighted by atomic mass is 15.3. The molecule has 2 fully saturated rings. The first kappa shape index (κ1) is 23.5. The highest BCUT2D eigenvalue weighted by molar-refractivity contribution is 5.88.